The minimum atomic E-state index is -1.22. The van der Waals surface area contributed by atoms with Crippen LogP contribution in [0, 0.1) is 0 Å². The zero-order valence-corrected chi connectivity index (χ0v) is 8.79. The number of rotatable bonds is 0. The second-order valence-electron chi connectivity index (χ2n) is 4.98. The van der Waals surface area contributed by atoms with E-state index < -0.39 is 24.4 Å². The average molecular weight is 218 g/mol. The molecule has 2 aliphatic heterocycles. The van der Waals surface area contributed by atoms with Crippen LogP contribution in [-0.2, 0) is 0 Å². The van der Waals surface area contributed by atoms with E-state index in [1.165, 1.54) is 0 Å². The molecule has 4 atom stereocenters. The summed E-state index contributed by atoms with van der Waals surface area (Å²) < 4.78 is 0.635. The molecule has 0 aromatic rings. The Balaban J connectivity index is 2.17. The third-order valence-corrected chi connectivity index (χ3v) is 3.80. The van der Waals surface area contributed by atoms with E-state index >= 15 is 0 Å². The van der Waals surface area contributed by atoms with Gasteiger partial charge in [-0.25, -0.2) is 0 Å². The van der Waals surface area contributed by atoms with E-state index in [1.807, 2.05) is 0 Å². The highest BCUT2D eigenvalue weighted by atomic mass is 16.4. The monoisotopic (exact) mass is 218 g/mol. The standard InChI is InChI=1S/C10H20NO4/c12-7-5-11(3-1-2-4-11)6-8(13)10(15)9(7)14/h7-10,12-15H,1-6H2/q+1/t7-,8-,9-,10-/m1/s1. The summed E-state index contributed by atoms with van der Waals surface area (Å²) in [5.74, 6) is 0. The van der Waals surface area contributed by atoms with Crippen LogP contribution in [0.15, 0.2) is 0 Å². The Labute approximate surface area is 89.2 Å². The molecule has 2 heterocycles. The van der Waals surface area contributed by atoms with Crippen molar-refractivity contribution in [3.05, 3.63) is 0 Å². The summed E-state index contributed by atoms with van der Waals surface area (Å²) in [6, 6.07) is 0. The van der Waals surface area contributed by atoms with Gasteiger partial charge < -0.3 is 24.9 Å². The summed E-state index contributed by atoms with van der Waals surface area (Å²) in [6.07, 6.45) is -2.14. The van der Waals surface area contributed by atoms with E-state index in [4.69, 9.17) is 0 Å². The van der Waals surface area contributed by atoms with Crippen molar-refractivity contribution < 1.29 is 24.9 Å². The minimum absolute atomic E-state index is 0.440. The largest absolute Gasteiger partial charge is 0.387 e. The molecule has 15 heavy (non-hydrogen) atoms. The van der Waals surface area contributed by atoms with E-state index in [1.54, 1.807) is 0 Å². The Morgan fingerprint density at radius 1 is 0.733 bits per heavy atom. The van der Waals surface area contributed by atoms with Crippen molar-refractivity contribution in [1.29, 1.82) is 0 Å². The van der Waals surface area contributed by atoms with E-state index in [0.29, 0.717) is 17.6 Å². The summed E-state index contributed by atoms with van der Waals surface area (Å²) in [4.78, 5) is 0. The van der Waals surface area contributed by atoms with Crippen molar-refractivity contribution >= 4 is 0 Å². The van der Waals surface area contributed by atoms with Crippen LogP contribution in [0.4, 0.5) is 0 Å². The predicted molar refractivity (Wildman–Crippen MR) is 53.0 cm³/mol. The Morgan fingerprint density at radius 3 is 1.53 bits per heavy atom. The van der Waals surface area contributed by atoms with Crippen LogP contribution in [0.3, 0.4) is 0 Å². The molecule has 2 fully saturated rings. The Bertz CT molecular complexity index is 211. The Morgan fingerprint density at radius 2 is 1.13 bits per heavy atom. The number of aliphatic hydroxyl groups is 4. The van der Waals surface area contributed by atoms with Crippen molar-refractivity contribution in [2.45, 2.75) is 37.3 Å². The molecule has 88 valence electrons. The molecule has 2 aliphatic rings. The molecule has 0 saturated carbocycles. The molecule has 0 unspecified atom stereocenters. The molecule has 0 aromatic carbocycles. The first kappa shape index (κ1) is 11.3. The highest BCUT2D eigenvalue weighted by Gasteiger charge is 2.46. The van der Waals surface area contributed by atoms with Gasteiger partial charge in [-0.3, -0.25) is 0 Å². The normalized spacial score (nSPS) is 45.6. The van der Waals surface area contributed by atoms with Crippen LogP contribution in [0.1, 0.15) is 12.8 Å². The summed E-state index contributed by atoms with van der Waals surface area (Å²) >= 11 is 0. The van der Waals surface area contributed by atoms with Crippen LogP contribution >= 0.6 is 0 Å². The molecule has 1 spiro atoms. The molecule has 5 nitrogen and oxygen atoms in total. The topological polar surface area (TPSA) is 80.9 Å². The van der Waals surface area contributed by atoms with Crippen molar-refractivity contribution in [3.63, 3.8) is 0 Å². The zero-order valence-electron chi connectivity index (χ0n) is 8.79. The number of aliphatic hydroxyl groups excluding tert-OH is 4. The second-order valence-corrected chi connectivity index (χ2v) is 4.98. The lowest BCUT2D eigenvalue weighted by molar-refractivity contribution is -0.921. The van der Waals surface area contributed by atoms with E-state index in [0.717, 1.165) is 25.9 Å². The van der Waals surface area contributed by atoms with Gasteiger partial charge in [-0.15, -0.1) is 0 Å². The first-order valence-electron chi connectivity index (χ1n) is 5.61. The van der Waals surface area contributed by atoms with E-state index in [2.05, 4.69) is 0 Å². The van der Waals surface area contributed by atoms with Gasteiger partial charge in [0.05, 0.1) is 13.1 Å². The van der Waals surface area contributed by atoms with Gasteiger partial charge in [-0.2, -0.15) is 0 Å². The molecule has 0 aliphatic carbocycles. The van der Waals surface area contributed by atoms with Crippen LogP contribution in [0.2, 0.25) is 0 Å². The van der Waals surface area contributed by atoms with E-state index in [-0.39, 0.29) is 0 Å². The van der Waals surface area contributed by atoms with Gasteiger partial charge in [0.25, 0.3) is 0 Å². The number of nitrogens with zero attached hydrogens (tertiary/aromatic N) is 1. The van der Waals surface area contributed by atoms with Crippen molar-refractivity contribution in [2.24, 2.45) is 0 Å². The first-order chi connectivity index (χ1) is 7.04. The zero-order chi connectivity index (χ0) is 11.1. The van der Waals surface area contributed by atoms with Crippen LogP contribution in [0.5, 0.6) is 0 Å². The summed E-state index contributed by atoms with van der Waals surface area (Å²) in [7, 11) is 0. The maximum atomic E-state index is 9.73. The van der Waals surface area contributed by atoms with Gasteiger partial charge >= 0.3 is 0 Å². The summed E-state index contributed by atoms with van der Waals surface area (Å²) in [6.45, 7) is 2.73. The first-order valence-corrected chi connectivity index (χ1v) is 5.61. The molecule has 4 N–H and O–H groups in total. The molecular weight excluding hydrogens is 198 g/mol. The maximum Gasteiger partial charge on any atom is 0.131 e. The molecule has 2 rings (SSSR count). The van der Waals surface area contributed by atoms with Gasteiger partial charge in [0.1, 0.15) is 37.5 Å². The van der Waals surface area contributed by atoms with Gasteiger partial charge in [0, 0.05) is 12.8 Å². The van der Waals surface area contributed by atoms with Crippen molar-refractivity contribution in [1.82, 2.24) is 0 Å². The van der Waals surface area contributed by atoms with Gasteiger partial charge in [0.2, 0.25) is 0 Å². The summed E-state index contributed by atoms with van der Waals surface area (Å²) in [5.41, 5.74) is 0. The fourth-order valence-electron chi connectivity index (χ4n) is 2.91. The predicted octanol–water partition coefficient (Wildman–Crippen LogP) is -1.95. The molecule has 0 radical (unpaired) electrons. The molecule has 5 heteroatoms. The molecular formula is C10H20NO4+. The fraction of sp³-hybridized carbons (Fsp3) is 1.00. The molecule has 0 aromatic heterocycles. The van der Waals surface area contributed by atoms with E-state index in [9.17, 15) is 20.4 Å². The van der Waals surface area contributed by atoms with Crippen LogP contribution in [-0.4, -0.2) is 75.5 Å². The Kier molecular flexibility index (Phi) is 3.00. The second kappa shape index (κ2) is 3.99. The number of hydrogen-bond donors (Lipinski definition) is 4. The van der Waals surface area contributed by atoms with Crippen molar-refractivity contribution in [2.75, 3.05) is 26.2 Å². The average Bonchev–Trinajstić information content (AvgIpc) is 2.60. The SMILES string of the molecule is O[C@H]1[C@H](O)[C@H](O)C[N+]2(CCCC2)C[C@H]1O. The third kappa shape index (κ3) is 2.03. The maximum absolute atomic E-state index is 9.73. The molecule has 2 saturated heterocycles. The minimum Gasteiger partial charge on any atom is -0.387 e. The van der Waals surface area contributed by atoms with Gasteiger partial charge in [0.15, 0.2) is 0 Å². The molecule has 0 amide bonds. The quantitative estimate of drug-likeness (QED) is 0.356. The van der Waals surface area contributed by atoms with Crippen LogP contribution < -0.4 is 0 Å². The lowest BCUT2D eigenvalue weighted by atomic mass is 10.1. The van der Waals surface area contributed by atoms with Gasteiger partial charge in [-0.1, -0.05) is 0 Å². The van der Waals surface area contributed by atoms with Gasteiger partial charge in [-0.05, 0) is 0 Å². The lowest BCUT2D eigenvalue weighted by Crippen LogP contribution is -2.52. The fourth-order valence-corrected chi connectivity index (χ4v) is 2.91. The third-order valence-electron chi connectivity index (χ3n) is 3.80. The molecule has 0 bridgehead atoms. The number of quaternary nitrogens is 1. The lowest BCUT2D eigenvalue weighted by Gasteiger charge is -2.35. The highest BCUT2D eigenvalue weighted by Crippen LogP contribution is 2.26. The highest BCUT2D eigenvalue weighted by molar-refractivity contribution is 4.85. The smallest absolute Gasteiger partial charge is 0.131 e. The number of hydrogen-bond acceptors (Lipinski definition) is 4. The summed E-state index contributed by atoms with van der Waals surface area (Å²) in [5, 5.41) is 38.6. The van der Waals surface area contributed by atoms with Crippen molar-refractivity contribution in [3.8, 4) is 0 Å². The Hall–Kier alpha value is -0.200. The van der Waals surface area contributed by atoms with Crippen LogP contribution in [0.25, 0.3) is 0 Å².